The number of hydrogen-bond acceptors (Lipinski definition) is 3. The fourth-order valence-electron chi connectivity index (χ4n) is 2.17. The van der Waals surface area contributed by atoms with Crippen LogP contribution in [0.5, 0.6) is 0 Å². The van der Waals surface area contributed by atoms with E-state index in [0.29, 0.717) is 0 Å². The number of aromatic nitrogens is 2. The van der Waals surface area contributed by atoms with Crippen molar-refractivity contribution in [2.75, 3.05) is 0 Å². The molecule has 1 N–H and O–H groups in total. The first-order chi connectivity index (χ1) is 10.2. The van der Waals surface area contributed by atoms with Gasteiger partial charge in [-0.3, -0.25) is 0 Å². The van der Waals surface area contributed by atoms with Gasteiger partial charge in [-0.25, -0.2) is 4.98 Å². The average molecular weight is 293 g/mol. The monoisotopic (exact) mass is 293 g/mol. The summed E-state index contributed by atoms with van der Waals surface area (Å²) in [5.41, 5.74) is 4.35. The summed E-state index contributed by atoms with van der Waals surface area (Å²) >= 11 is 1.49. The van der Waals surface area contributed by atoms with Crippen molar-refractivity contribution >= 4 is 22.8 Å². The van der Waals surface area contributed by atoms with Gasteiger partial charge in [0.2, 0.25) is 0 Å². The highest BCUT2D eigenvalue weighted by Gasteiger charge is 2.13. The number of rotatable bonds is 4. The van der Waals surface area contributed by atoms with Crippen molar-refractivity contribution in [1.29, 1.82) is 5.26 Å². The third kappa shape index (κ3) is 3.26. The Bertz CT molecular complexity index is 751. The fraction of sp³-hybridized carbons (Fsp3) is 0.176. The van der Waals surface area contributed by atoms with Gasteiger partial charge in [-0.05, 0) is 31.0 Å². The van der Waals surface area contributed by atoms with Crippen LogP contribution in [0.2, 0.25) is 0 Å². The summed E-state index contributed by atoms with van der Waals surface area (Å²) in [6, 6.07) is 18.6. The summed E-state index contributed by atoms with van der Waals surface area (Å²) in [4.78, 5) is 7.77. The van der Waals surface area contributed by atoms with Gasteiger partial charge in [-0.1, -0.05) is 53.7 Å². The van der Waals surface area contributed by atoms with Gasteiger partial charge in [0, 0.05) is 0 Å². The predicted molar refractivity (Wildman–Crippen MR) is 86.2 cm³/mol. The minimum atomic E-state index is -0.145. The molecule has 4 heteroatoms. The van der Waals surface area contributed by atoms with Gasteiger partial charge >= 0.3 is 0 Å². The van der Waals surface area contributed by atoms with Crippen molar-refractivity contribution in [3.63, 3.8) is 0 Å². The number of aromatic amines is 1. The van der Waals surface area contributed by atoms with Crippen LogP contribution in [0.25, 0.3) is 11.0 Å². The van der Waals surface area contributed by atoms with E-state index < -0.39 is 0 Å². The van der Waals surface area contributed by atoms with Crippen LogP contribution in [0.1, 0.15) is 11.1 Å². The molecule has 0 radical (unpaired) electrons. The minimum Gasteiger partial charge on any atom is -0.333 e. The normalized spacial score (nSPS) is 12.2. The first-order valence-electron chi connectivity index (χ1n) is 6.81. The maximum atomic E-state index is 9.37. The molecule has 0 bridgehead atoms. The van der Waals surface area contributed by atoms with Crippen LogP contribution < -0.4 is 0 Å². The molecule has 1 aromatic heterocycles. The van der Waals surface area contributed by atoms with E-state index in [9.17, 15) is 5.26 Å². The molecule has 3 rings (SSSR count). The zero-order valence-corrected chi connectivity index (χ0v) is 12.5. The van der Waals surface area contributed by atoms with Crippen molar-refractivity contribution in [3.05, 3.63) is 59.7 Å². The van der Waals surface area contributed by atoms with E-state index in [2.05, 4.69) is 47.2 Å². The molecular formula is C17H15N3S. The lowest BCUT2D eigenvalue weighted by Crippen LogP contribution is -2.04. The number of nitrogens with one attached hydrogen (secondary N) is 1. The third-order valence-corrected chi connectivity index (χ3v) is 4.28. The van der Waals surface area contributed by atoms with Gasteiger partial charge in [0.1, 0.15) is 5.25 Å². The first-order valence-corrected chi connectivity index (χ1v) is 7.69. The Morgan fingerprint density at radius 3 is 2.67 bits per heavy atom. The number of thioether (sulfide) groups is 1. The molecule has 104 valence electrons. The molecule has 2 aromatic carbocycles. The predicted octanol–water partition coefficient (Wildman–Crippen LogP) is 4.10. The van der Waals surface area contributed by atoms with E-state index >= 15 is 0 Å². The summed E-state index contributed by atoms with van der Waals surface area (Å²) in [7, 11) is 0. The van der Waals surface area contributed by atoms with E-state index in [4.69, 9.17) is 0 Å². The van der Waals surface area contributed by atoms with Crippen molar-refractivity contribution in [1.82, 2.24) is 9.97 Å². The van der Waals surface area contributed by atoms with Crippen molar-refractivity contribution in [2.45, 2.75) is 23.8 Å². The summed E-state index contributed by atoms with van der Waals surface area (Å²) in [6.45, 7) is 2.06. The topological polar surface area (TPSA) is 52.5 Å². The SMILES string of the molecule is Cc1ccc(CC(C#N)Sc2nc3ccccc3[nH]2)cc1. The van der Waals surface area contributed by atoms with E-state index in [1.807, 2.05) is 24.3 Å². The molecule has 1 unspecified atom stereocenters. The van der Waals surface area contributed by atoms with Crippen LogP contribution in [0, 0.1) is 18.3 Å². The maximum absolute atomic E-state index is 9.37. The number of hydrogen-bond donors (Lipinski definition) is 1. The van der Waals surface area contributed by atoms with E-state index in [1.54, 1.807) is 0 Å². The number of H-pyrrole nitrogens is 1. The molecule has 0 aliphatic carbocycles. The Labute approximate surface area is 128 Å². The quantitative estimate of drug-likeness (QED) is 0.737. The van der Waals surface area contributed by atoms with Crippen molar-refractivity contribution < 1.29 is 0 Å². The molecule has 0 amide bonds. The number of benzene rings is 2. The van der Waals surface area contributed by atoms with Gasteiger partial charge in [0.15, 0.2) is 5.16 Å². The molecule has 21 heavy (non-hydrogen) atoms. The highest BCUT2D eigenvalue weighted by atomic mass is 32.2. The Hall–Kier alpha value is -2.25. The molecule has 1 heterocycles. The molecule has 0 fully saturated rings. The largest absolute Gasteiger partial charge is 0.333 e. The average Bonchev–Trinajstić information content (AvgIpc) is 2.91. The molecule has 0 aliphatic rings. The zero-order valence-electron chi connectivity index (χ0n) is 11.7. The van der Waals surface area contributed by atoms with Crippen LogP contribution >= 0.6 is 11.8 Å². The Morgan fingerprint density at radius 2 is 1.95 bits per heavy atom. The molecular weight excluding hydrogens is 278 g/mol. The molecule has 1 atom stereocenters. The van der Waals surface area contributed by atoms with Crippen LogP contribution in [-0.2, 0) is 6.42 Å². The number of para-hydroxylation sites is 2. The molecule has 0 saturated heterocycles. The molecule has 3 aromatic rings. The minimum absolute atomic E-state index is 0.145. The zero-order chi connectivity index (χ0) is 14.7. The van der Waals surface area contributed by atoms with Crippen LogP contribution in [0.15, 0.2) is 53.7 Å². The Balaban J connectivity index is 1.75. The first kappa shape index (κ1) is 13.7. The maximum Gasteiger partial charge on any atom is 0.167 e. The Morgan fingerprint density at radius 1 is 1.19 bits per heavy atom. The highest BCUT2D eigenvalue weighted by molar-refractivity contribution is 8.00. The molecule has 3 nitrogen and oxygen atoms in total. The summed E-state index contributed by atoms with van der Waals surface area (Å²) < 4.78 is 0. The van der Waals surface area contributed by atoms with Crippen LogP contribution in [0.3, 0.4) is 0 Å². The van der Waals surface area contributed by atoms with Crippen LogP contribution in [0.4, 0.5) is 0 Å². The van der Waals surface area contributed by atoms with E-state index in [0.717, 1.165) is 22.6 Å². The second-order valence-electron chi connectivity index (χ2n) is 4.98. The summed E-state index contributed by atoms with van der Waals surface area (Å²) in [5.74, 6) is 0. The van der Waals surface area contributed by atoms with E-state index in [1.165, 1.54) is 22.9 Å². The summed E-state index contributed by atoms with van der Waals surface area (Å²) in [6.07, 6.45) is 0.721. The highest BCUT2D eigenvalue weighted by Crippen LogP contribution is 2.25. The lowest BCUT2D eigenvalue weighted by atomic mass is 10.1. The van der Waals surface area contributed by atoms with Gasteiger partial charge in [0.25, 0.3) is 0 Å². The molecule has 0 aliphatic heterocycles. The number of imidazole rings is 1. The summed E-state index contributed by atoms with van der Waals surface area (Å²) in [5, 5.41) is 10.0. The van der Waals surface area contributed by atoms with Gasteiger partial charge < -0.3 is 4.98 Å². The standard InChI is InChI=1S/C17H15N3S/c1-12-6-8-13(9-7-12)10-14(11-18)21-17-19-15-4-2-3-5-16(15)20-17/h2-9,14H,10H2,1H3,(H,19,20). The van der Waals surface area contributed by atoms with Gasteiger partial charge in [0.05, 0.1) is 17.1 Å². The number of fused-ring (bicyclic) bond motifs is 1. The smallest absolute Gasteiger partial charge is 0.167 e. The van der Waals surface area contributed by atoms with Crippen molar-refractivity contribution in [2.24, 2.45) is 0 Å². The lowest BCUT2D eigenvalue weighted by Gasteiger charge is -2.07. The van der Waals surface area contributed by atoms with Gasteiger partial charge in [-0.15, -0.1) is 0 Å². The second-order valence-corrected chi connectivity index (χ2v) is 6.18. The van der Waals surface area contributed by atoms with E-state index in [-0.39, 0.29) is 5.25 Å². The second kappa shape index (κ2) is 6.02. The van der Waals surface area contributed by atoms with Crippen molar-refractivity contribution in [3.8, 4) is 6.07 Å². The Kier molecular flexibility index (Phi) is 3.94. The third-order valence-electron chi connectivity index (χ3n) is 3.31. The molecule has 0 saturated carbocycles. The number of nitrogens with zero attached hydrogens (tertiary/aromatic N) is 2. The van der Waals surface area contributed by atoms with Crippen LogP contribution in [-0.4, -0.2) is 15.2 Å². The lowest BCUT2D eigenvalue weighted by molar-refractivity contribution is 1.00. The fourth-order valence-corrected chi connectivity index (χ4v) is 3.09. The number of aryl methyl sites for hydroxylation is 1. The molecule has 0 spiro atoms. The van der Waals surface area contributed by atoms with Gasteiger partial charge in [-0.2, -0.15) is 5.26 Å². The number of nitriles is 1.